The highest BCUT2D eigenvalue weighted by atomic mass is 35.5. The summed E-state index contributed by atoms with van der Waals surface area (Å²) < 4.78 is 7.33. The Morgan fingerprint density at radius 2 is 1.77 bits per heavy atom. The van der Waals surface area contributed by atoms with E-state index in [-0.39, 0.29) is 6.04 Å². The van der Waals surface area contributed by atoms with Crippen LogP contribution in [0.1, 0.15) is 33.1 Å². The summed E-state index contributed by atoms with van der Waals surface area (Å²) in [5.41, 5.74) is 4.75. The third-order valence-electron chi connectivity index (χ3n) is 6.03. The Balaban J connectivity index is 1.66. The summed E-state index contributed by atoms with van der Waals surface area (Å²) >= 11 is 7.61. The van der Waals surface area contributed by atoms with Crippen LogP contribution in [0.4, 0.5) is 0 Å². The second-order valence-electron chi connectivity index (χ2n) is 8.49. The smallest absolute Gasteiger partial charge is 0.345 e. The highest BCUT2D eigenvalue weighted by Gasteiger charge is 2.20. The Kier molecular flexibility index (Phi) is 6.09. The van der Waals surface area contributed by atoms with E-state index in [2.05, 4.69) is 30.3 Å². The molecule has 0 radical (unpaired) electrons. The topological polar surface area (TPSA) is 64.4 Å². The molecule has 1 N–H and O–H groups in total. The van der Waals surface area contributed by atoms with Gasteiger partial charge in [-0.2, -0.15) is 5.10 Å². The Morgan fingerprint density at radius 1 is 1.00 bits per heavy atom. The van der Waals surface area contributed by atoms with E-state index in [0.29, 0.717) is 9.90 Å². The zero-order valence-corrected chi connectivity index (χ0v) is 21.0. The van der Waals surface area contributed by atoms with E-state index in [9.17, 15) is 9.90 Å². The molecule has 2 aromatic heterocycles. The molecule has 0 spiro atoms. The van der Waals surface area contributed by atoms with Crippen LogP contribution in [-0.4, -0.2) is 28.0 Å². The highest BCUT2D eigenvalue weighted by Crippen LogP contribution is 2.35. The maximum atomic E-state index is 11.5. The number of fused-ring (bicyclic) bond motifs is 1. The monoisotopic (exact) mass is 502 g/mol. The van der Waals surface area contributed by atoms with Crippen molar-refractivity contribution >= 4 is 39.7 Å². The lowest BCUT2D eigenvalue weighted by Gasteiger charge is -2.15. The number of hydrogen-bond donors (Lipinski definition) is 1. The molecule has 0 aliphatic heterocycles. The van der Waals surface area contributed by atoms with Crippen molar-refractivity contribution in [3.8, 4) is 28.3 Å². The summed E-state index contributed by atoms with van der Waals surface area (Å²) in [6.07, 6.45) is 0. The first kappa shape index (κ1) is 23.1. The molecule has 0 aliphatic rings. The van der Waals surface area contributed by atoms with E-state index in [0.717, 1.165) is 49.5 Å². The molecule has 0 bridgehead atoms. The summed E-state index contributed by atoms with van der Waals surface area (Å²) in [7, 11) is 1.66. The molecule has 2 heterocycles. The van der Waals surface area contributed by atoms with Crippen molar-refractivity contribution in [2.24, 2.45) is 0 Å². The number of nitrogens with zero attached hydrogens (tertiary/aromatic N) is 2. The standard InChI is InChI=1S/C28H23ClN2O3S/c1-16-10-21(13-22(29)11-16)24-15-25(20-5-4-19-14-23(34-3)7-6-18(19)12-20)31(30-24)17(2)26-8-9-27(35-26)28(32)33/h4-15,17H,1-3H3,(H,32,33). The van der Waals surface area contributed by atoms with Crippen LogP contribution in [0.3, 0.4) is 0 Å². The second kappa shape index (κ2) is 9.21. The number of rotatable bonds is 6. The predicted octanol–water partition coefficient (Wildman–Crippen LogP) is 7.71. The highest BCUT2D eigenvalue weighted by molar-refractivity contribution is 7.14. The minimum atomic E-state index is -0.922. The largest absolute Gasteiger partial charge is 0.497 e. The molecule has 1 atom stereocenters. The van der Waals surface area contributed by atoms with Crippen LogP contribution < -0.4 is 4.74 Å². The van der Waals surface area contributed by atoms with Crippen LogP contribution >= 0.6 is 22.9 Å². The van der Waals surface area contributed by atoms with E-state index in [1.807, 2.05) is 54.9 Å². The predicted molar refractivity (Wildman–Crippen MR) is 142 cm³/mol. The second-order valence-corrected chi connectivity index (χ2v) is 10.0. The fourth-order valence-corrected chi connectivity index (χ4v) is 5.43. The van der Waals surface area contributed by atoms with Crippen molar-refractivity contribution in [2.75, 3.05) is 7.11 Å². The lowest BCUT2D eigenvalue weighted by molar-refractivity contribution is 0.0702. The zero-order chi connectivity index (χ0) is 24.7. The summed E-state index contributed by atoms with van der Waals surface area (Å²) in [6, 6.07) is 23.6. The number of ether oxygens (including phenoxy) is 1. The van der Waals surface area contributed by atoms with Gasteiger partial charge in [0.25, 0.3) is 0 Å². The van der Waals surface area contributed by atoms with Crippen molar-refractivity contribution in [3.63, 3.8) is 0 Å². The Hall–Kier alpha value is -3.61. The molecule has 0 aliphatic carbocycles. The van der Waals surface area contributed by atoms with Gasteiger partial charge in [0.2, 0.25) is 0 Å². The number of halogens is 1. The number of benzene rings is 3. The molecule has 35 heavy (non-hydrogen) atoms. The average molecular weight is 503 g/mol. The Morgan fingerprint density at radius 3 is 2.49 bits per heavy atom. The van der Waals surface area contributed by atoms with Gasteiger partial charge < -0.3 is 9.84 Å². The molecular weight excluding hydrogens is 480 g/mol. The van der Waals surface area contributed by atoms with E-state index < -0.39 is 5.97 Å². The van der Waals surface area contributed by atoms with Gasteiger partial charge in [0.15, 0.2) is 0 Å². The molecule has 0 amide bonds. The fourth-order valence-electron chi connectivity index (χ4n) is 4.25. The molecule has 0 saturated carbocycles. The van der Waals surface area contributed by atoms with Gasteiger partial charge in [0, 0.05) is 21.0 Å². The summed E-state index contributed by atoms with van der Waals surface area (Å²) in [5, 5.41) is 17.2. The van der Waals surface area contributed by atoms with Crippen LogP contribution in [0, 0.1) is 6.92 Å². The first-order valence-corrected chi connectivity index (χ1v) is 12.3. The number of aromatic carboxylic acids is 1. The maximum absolute atomic E-state index is 11.5. The molecule has 0 saturated heterocycles. The van der Waals surface area contributed by atoms with Gasteiger partial charge in [-0.15, -0.1) is 11.3 Å². The number of thiophene rings is 1. The summed E-state index contributed by atoms with van der Waals surface area (Å²) in [4.78, 5) is 12.7. The molecule has 1 unspecified atom stereocenters. The number of carbonyl (C=O) groups is 1. The van der Waals surface area contributed by atoms with Crippen LogP contribution in [0.5, 0.6) is 5.75 Å². The van der Waals surface area contributed by atoms with Crippen molar-refractivity contribution in [1.82, 2.24) is 9.78 Å². The molecule has 5 rings (SSSR count). The van der Waals surface area contributed by atoms with Gasteiger partial charge in [-0.25, -0.2) is 4.79 Å². The third-order valence-corrected chi connectivity index (χ3v) is 7.49. The number of hydrogen-bond acceptors (Lipinski definition) is 4. The number of methoxy groups -OCH3 is 1. The van der Waals surface area contributed by atoms with Gasteiger partial charge in [-0.1, -0.05) is 29.8 Å². The van der Waals surface area contributed by atoms with Crippen molar-refractivity contribution < 1.29 is 14.6 Å². The average Bonchev–Trinajstić information content (AvgIpc) is 3.51. The van der Waals surface area contributed by atoms with E-state index >= 15 is 0 Å². The van der Waals surface area contributed by atoms with Crippen LogP contribution in [0.15, 0.2) is 72.8 Å². The lowest BCUT2D eigenvalue weighted by atomic mass is 10.0. The van der Waals surface area contributed by atoms with Gasteiger partial charge in [0.1, 0.15) is 10.6 Å². The third kappa shape index (κ3) is 4.55. The minimum absolute atomic E-state index is 0.163. The quantitative estimate of drug-likeness (QED) is 0.258. The molecule has 5 nitrogen and oxygen atoms in total. The Labute approximate surface area is 212 Å². The molecule has 176 valence electrons. The SMILES string of the molecule is COc1ccc2cc(-c3cc(-c4cc(C)cc(Cl)c4)nn3C(C)c3ccc(C(=O)O)s3)ccc2c1. The molecule has 5 aromatic rings. The number of aryl methyl sites for hydroxylation is 1. The number of carboxylic acid groups (broad SMARTS) is 1. The molecule has 0 fully saturated rings. The van der Waals surface area contributed by atoms with Gasteiger partial charge in [-0.05, 0) is 84.8 Å². The fraction of sp³-hybridized carbons (Fsp3) is 0.143. The van der Waals surface area contributed by atoms with Crippen molar-refractivity contribution in [1.29, 1.82) is 0 Å². The first-order valence-electron chi connectivity index (χ1n) is 11.1. The molecular formula is C28H23ClN2O3S. The summed E-state index contributed by atoms with van der Waals surface area (Å²) in [6.45, 7) is 4.04. The van der Waals surface area contributed by atoms with Crippen molar-refractivity contribution in [2.45, 2.75) is 19.9 Å². The summed E-state index contributed by atoms with van der Waals surface area (Å²) in [5.74, 6) is -0.108. The van der Waals surface area contributed by atoms with E-state index in [1.54, 1.807) is 13.2 Å². The number of aromatic nitrogens is 2. The Bertz CT molecular complexity index is 1550. The molecule has 3 aromatic carbocycles. The first-order chi connectivity index (χ1) is 16.8. The van der Waals surface area contributed by atoms with Crippen LogP contribution in [-0.2, 0) is 0 Å². The normalized spacial score (nSPS) is 12.1. The van der Waals surface area contributed by atoms with Crippen LogP contribution in [0.2, 0.25) is 5.02 Å². The van der Waals surface area contributed by atoms with Gasteiger partial charge in [0.05, 0.1) is 24.5 Å². The van der Waals surface area contributed by atoms with E-state index in [1.165, 1.54) is 11.3 Å². The van der Waals surface area contributed by atoms with E-state index in [4.69, 9.17) is 21.4 Å². The number of carboxylic acids is 1. The van der Waals surface area contributed by atoms with Gasteiger partial charge >= 0.3 is 5.97 Å². The lowest BCUT2D eigenvalue weighted by Crippen LogP contribution is -2.09. The maximum Gasteiger partial charge on any atom is 0.345 e. The van der Waals surface area contributed by atoms with Crippen LogP contribution in [0.25, 0.3) is 33.3 Å². The molecule has 7 heteroatoms. The minimum Gasteiger partial charge on any atom is -0.497 e. The van der Waals surface area contributed by atoms with Gasteiger partial charge in [-0.3, -0.25) is 4.68 Å². The zero-order valence-electron chi connectivity index (χ0n) is 19.4. The van der Waals surface area contributed by atoms with Crippen molar-refractivity contribution in [3.05, 3.63) is 93.1 Å².